The van der Waals surface area contributed by atoms with E-state index in [1.54, 1.807) is 0 Å². The van der Waals surface area contributed by atoms with Crippen molar-refractivity contribution in [3.05, 3.63) is 0 Å². The van der Waals surface area contributed by atoms with Gasteiger partial charge in [-0.3, -0.25) is 4.79 Å². The predicted octanol–water partition coefficient (Wildman–Crippen LogP) is -0.600. The van der Waals surface area contributed by atoms with Crippen LogP contribution >= 0.6 is 0 Å². The van der Waals surface area contributed by atoms with Crippen LogP contribution in [0.3, 0.4) is 0 Å². The van der Waals surface area contributed by atoms with E-state index in [1.807, 2.05) is 6.92 Å². The van der Waals surface area contributed by atoms with Crippen molar-refractivity contribution in [2.75, 3.05) is 6.54 Å². The maximum absolute atomic E-state index is 10.3. The second-order valence-electron chi connectivity index (χ2n) is 2.66. The monoisotopic (exact) mass is 170 g/mol. The Labute approximate surface area is 72.1 Å². The van der Waals surface area contributed by atoms with Crippen LogP contribution in [0.4, 0.5) is 0 Å². The Hall–Kier alpha value is -1.05. The van der Waals surface area contributed by atoms with Gasteiger partial charge in [-0.1, -0.05) is 0 Å². The highest BCUT2D eigenvalue weighted by Gasteiger charge is 2.11. The molecular formula is C8H14N2O2. The third kappa shape index (κ3) is 4.72. The fourth-order valence-corrected chi connectivity index (χ4v) is 0.664. The van der Waals surface area contributed by atoms with Gasteiger partial charge in [0.15, 0.2) is 0 Å². The van der Waals surface area contributed by atoms with Crippen LogP contribution in [-0.2, 0) is 4.79 Å². The van der Waals surface area contributed by atoms with Crippen molar-refractivity contribution >= 4 is 5.97 Å². The summed E-state index contributed by atoms with van der Waals surface area (Å²) < 4.78 is 0. The number of aliphatic carboxylic acids is 1. The minimum Gasteiger partial charge on any atom is -0.480 e. The highest BCUT2D eigenvalue weighted by Crippen LogP contribution is 1.87. The molecule has 0 radical (unpaired) electrons. The lowest BCUT2D eigenvalue weighted by atomic mass is 10.2. The van der Waals surface area contributed by atoms with Crippen LogP contribution in [0.15, 0.2) is 0 Å². The topological polar surface area (TPSA) is 75.3 Å². The molecule has 2 unspecified atom stereocenters. The standard InChI is InChI=1S/C8H14N2O2/c1-3-4-6(2)10-5-7(9)8(11)12/h1,6-7,10H,4-5,9H2,2H3,(H,11,12). The molecular weight excluding hydrogens is 156 g/mol. The summed E-state index contributed by atoms with van der Waals surface area (Å²) in [6.07, 6.45) is 5.63. The van der Waals surface area contributed by atoms with Crippen molar-refractivity contribution in [1.82, 2.24) is 5.32 Å². The van der Waals surface area contributed by atoms with Gasteiger partial charge in [0.2, 0.25) is 0 Å². The summed E-state index contributed by atoms with van der Waals surface area (Å²) in [5.41, 5.74) is 5.25. The van der Waals surface area contributed by atoms with Crippen molar-refractivity contribution in [1.29, 1.82) is 0 Å². The molecule has 0 saturated heterocycles. The summed E-state index contributed by atoms with van der Waals surface area (Å²) in [5.74, 6) is 1.47. The summed E-state index contributed by atoms with van der Waals surface area (Å²) in [5, 5.41) is 11.3. The third-order valence-corrected chi connectivity index (χ3v) is 1.43. The van der Waals surface area contributed by atoms with Gasteiger partial charge < -0.3 is 16.2 Å². The number of carboxylic acids is 1. The number of hydrogen-bond acceptors (Lipinski definition) is 3. The number of carboxylic acid groups (broad SMARTS) is 1. The predicted molar refractivity (Wildman–Crippen MR) is 46.5 cm³/mol. The molecule has 0 aromatic rings. The van der Waals surface area contributed by atoms with Gasteiger partial charge in [0.25, 0.3) is 0 Å². The second kappa shape index (κ2) is 5.58. The van der Waals surface area contributed by atoms with Crippen molar-refractivity contribution in [3.63, 3.8) is 0 Å². The van der Waals surface area contributed by atoms with E-state index in [1.165, 1.54) is 0 Å². The fourth-order valence-electron chi connectivity index (χ4n) is 0.664. The zero-order chi connectivity index (χ0) is 9.56. The molecule has 2 atom stereocenters. The van der Waals surface area contributed by atoms with Crippen molar-refractivity contribution in [2.24, 2.45) is 5.73 Å². The number of carbonyl (C=O) groups is 1. The maximum Gasteiger partial charge on any atom is 0.321 e. The van der Waals surface area contributed by atoms with Gasteiger partial charge in [0.1, 0.15) is 6.04 Å². The lowest BCUT2D eigenvalue weighted by Gasteiger charge is -2.12. The van der Waals surface area contributed by atoms with Gasteiger partial charge in [-0.2, -0.15) is 0 Å². The molecule has 0 bridgehead atoms. The Morgan fingerprint density at radius 2 is 2.42 bits per heavy atom. The van der Waals surface area contributed by atoms with Crippen LogP contribution in [-0.4, -0.2) is 29.7 Å². The molecule has 0 aromatic heterocycles. The van der Waals surface area contributed by atoms with E-state index in [0.29, 0.717) is 6.42 Å². The largest absolute Gasteiger partial charge is 0.480 e. The quantitative estimate of drug-likeness (QED) is 0.482. The Balaban J connectivity index is 3.55. The Morgan fingerprint density at radius 1 is 1.83 bits per heavy atom. The minimum atomic E-state index is -1.00. The van der Waals surface area contributed by atoms with E-state index in [-0.39, 0.29) is 12.6 Å². The van der Waals surface area contributed by atoms with Crippen LogP contribution in [0, 0.1) is 12.3 Å². The van der Waals surface area contributed by atoms with E-state index in [0.717, 1.165) is 0 Å². The van der Waals surface area contributed by atoms with Crippen molar-refractivity contribution in [3.8, 4) is 12.3 Å². The summed E-state index contributed by atoms with van der Waals surface area (Å²) in [6, 6.07) is -0.745. The average Bonchev–Trinajstić information content (AvgIpc) is 2.00. The van der Waals surface area contributed by atoms with Crippen LogP contribution in [0.1, 0.15) is 13.3 Å². The Bertz CT molecular complexity index is 186. The molecule has 0 aliphatic carbocycles. The molecule has 4 heteroatoms. The summed E-state index contributed by atoms with van der Waals surface area (Å²) >= 11 is 0. The molecule has 4 N–H and O–H groups in total. The summed E-state index contributed by atoms with van der Waals surface area (Å²) in [4.78, 5) is 10.3. The van der Waals surface area contributed by atoms with Crippen LogP contribution in [0.2, 0.25) is 0 Å². The molecule has 0 aliphatic rings. The molecule has 0 spiro atoms. The highest BCUT2D eigenvalue weighted by atomic mass is 16.4. The van der Waals surface area contributed by atoms with Crippen molar-refractivity contribution in [2.45, 2.75) is 25.4 Å². The van der Waals surface area contributed by atoms with E-state index >= 15 is 0 Å². The normalized spacial score (nSPS) is 14.8. The number of terminal acetylenes is 1. The van der Waals surface area contributed by atoms with Crippen LogP contribution < -0.4 is 11.1 Å². The van der Waals surface area contributed by atoms with E-state index in [9.17, 15) is 4.79 Å². The molecule has 0 aliphatic heterocycles. The van der Waals surface area contributed by atoms with E-state index < -0.39 is 12.0 Å². The number of nitrogens with one attached hydrogen (secondary N) is 1. The first-order chi connectivity index (χ1) is 5.57. The molecule has 4 nitrogen and oxygen atoms in total. The summed E-state index contributed by atoms with van der Waals surface area (Å²) in [6.45, 7) is 2.13. The zero-order valence-corrected chi connectivity index (χ0v) is 7.08. The smallest absolute Gasteiger partial charge is 0.321 e. The van der Waals surface area contributed by atoms with Gasteiger partial charge in [-0.05, 0) is 6.92 Å². The van der Waals surface area contributed by atoms with Crippen LogP contribution in [0.25, 0.3) is 0 Å². The average molecular weight is 170 g/mol. The highest BCUT2D eigenvalue weighted by molar-refractivity contribution is 5.73. The Morgan fingerprint density at radius 3 is 2.83 bits per heavy atom. The van der Waals surface area contributed by atoms with Gasteiger partial charge in [-0.15, -0.1) is 12.3 Å². The molecule has 12 heavy (non-hydrogen) atoms. The van der Waals surface area contributed by atoms with Gasteiger partial charge in [-0.25, -0.2) is 0 Å². The first-order valence-electron chi connectivity index (χ1n) is 3.73. The summed E-state index contributed by atoms with van der Waals surface area (Å²) in [7, 11) is 0. The molecule has 0 amide bonds. The number of nitrogens with two attached hydrogens (primary N) is 1. The van der Waals surface area contributed by atoms with E-state index in [4.69, 9.17) is 17.3 Å². The molecule has 0 rings (SSSR count). The number of hydrogen-bond donors (Lipinski definition) is 3. The first-order valence-corrected chi connectivity index (χ1v) is 3.73. The molecule has 0 saturated carbocycles. The first kappa shape index (κ1) is 11.0. The fraction of sp³-hybridized carbons (Fsp3) is 0.625. The lowest BCUT2D eigenvalue weighted by molar-refractivity contribution is -0.138. The third-order valence-electron chi connectivity index (χ3n) is 1.43. The maximum atomic E-state index is 10.3. The molecule has 0 heterocycles. The minimum absolute atomic E-state index is 0.111. The molecule has 0 fully saturated rings. The SMILES string of the molecule is C#CCC(C)NCC(N)C(=O)O. The second-order valence-corrected chi connectivity index (χ2v) is 2.66. The lowest BCUT2D eigenvalue weighted by Crippen LogP contribution is -2.43. The van der Waals surface area contributed by atoms with Gasteiger partial charge in [0.05, 0.1) is 0 Å². The molecule has 68 valence electrons. The Kier molecular flexibility index (Phi) is 5.09. The zero-order valence-electron chi connectivity index (χ0n) is 7.08. The van der Waals surface area contributed by atoms with Crippen LogP contribution in [0.5, 0.6) is 0 Å². The molecule has 0 aromatic carbocycles. The number of rotatable bonds is 5. The van der Waals surface area contributed by atoms with Gasteiger partial charge in [0, 0.05) is 19.0 Å². The van der Waals surface area contributed by atoms with Gasteiger partial charge >= 0.3 is 5.97 Å². The van der Waals surface area contributed by atoms with Crippen molar-refractivity contribution < 1.29 is 9.90 Å². The van der Waals surface area contributed by atoms with E-state index in [2.05, 4.69) is 11.2 Å².